The van der Waals surface area contributed by atoms with Gasteiger partial charge in [-0.15, -0.1) is 13.2 Å². The number of aliphatic hydroxyl groups is 1. The van der Waals surface area contributed by atoms with Gasteiger partial charge in [0, 0.05) is 6.42 Å². The van der Waals surface area contributed by atoms with Gasteiger partial charge >= 0.3 is 5.97 Å². The van der Waals surface area contributed by atoms with E-state index in [1.54, 1.807) is 12.2 Å². The fraction of sp³-hybridized carbons (Fsp3) is 0.390. The van der Waals surface area contributed by atoms with Gasteiger partial charge in [0.25, 0.3) is 0 Å². The lowest BCUT2D eigenvalue weighted by molar-refractivity contribution is -0.150. The molecular formula is C41H52N2O6. The number of aliphatic hydroxyl groups excluding tert-OH is 1. The van der Waals surface area contributed by atoms with Gasteiger partial charge in [-0.3, -0.25) is 14.4 Å². The number of nitrogens with one attached hydrogen (secondary N) is 2. The molecular weight excluding hydrogens is 616 g/mol. The SMILES string of the molecule is C=CC[C@H](CC(=O)N[C@H](CO)Cc1ccc(OCc2ccccc2)cc1)C(=O)N[C@H](COC(=O)[C@H](CC=C)Cc1ccccc1)C(C)(C)C. The third-order valence-corrected chi connectivity index (χ3v) is 8.36. The molecule has 4 atom stereocenters. The molecule has 0 fully saturated rings. The molecule has 3 rings (SSSR count). The normalized spacial score (nSPS) is 13.6. The van der Waals surface area contributed by atoms with Crippen molar-refractivity contribution < 1.29 is 29.0 Å². The van der Waals surface area contributed by atoms with Crippen LogP contribution in [-0.2, 0) is 38.6 Å². The number of allylic oxidation sites excluding steroid dienone is 2. The van der Waals surface area contributed by atoms with Crippen LogP contribution in [0.1, 0.15) is 56.7 Å². The molecule has 3 aromatic rings. The molecule has 0 aliphatic carbocycles. The van der Waals surface area contributed by atoms with Crippen molar-refractivity contribution in [1.29, 1.82) is 0 Å². The highest BCUT2D eigenvalue weighted by molar-refractivity contribution is 5.86. The van der Waals surface area contributed by atoms with Crippen molar-refractivity contribution in [3.05, 3.63) is 127 Å². The first-order chi connectivity index (χ1) is 23.5. The largest absolute Gasteiger partial charge is 0.489 e. The Balaban J connectivity index is 1.55. The van der Waals surface area contributed by atoms with Crippen LogP contribution in [-0.4, -0.2) is 48.2 Å². The first-order valence-corrected chi connectivity index (χ1v) is 16.9. The van der Waals surface area contributed by atoms with Gasteiger partial charge in [-0.05, 0) is 59.9 Å². The predicted molar refractivity (Wildman–Crippen MR) is 194 cm³/mol. The molecule has 3 aromatic carbocycles. The second kappa shape index (κ2) is 20.0. The highest BCUT2D eigenvalue weighted by Gasteiger charge is 2.32. The molecule has 49 heavy (non-hydrogen) atoms. The summed E-state index contributed by atoms with van der Waals surface area (Å²) in [5, 5.41) is 15.9. The van der Waals surface area contributed by atoms with E-state index in [1.165, 1.54) is 0 Å². The summed E-state index contributed by atoms with van der Waals surface area (Å²) in [4.78, 5) is 39.8. The Bertz CT molecular complexity index is 1470. The van der Waals surface area contributed by atoms with Crippen LogP contribution in [0.15, 0.2) is 110 Å². The fourth-order valence-corrected chi connectivity index (χ4v) is 5.35. The summed E-state index contributed by atoms with van der Waals surface area (Å²) in [6.07, 6.45) is 4.92. The van der Waals surface area contributed by atoms with Gasteiger partial charge in [0.1, 0.15) is 19.0 Å². The lowest BCUT2D eigenvalue weighted by atomic mass is 9.86. The van der Waals surface area contributed by atoms with Crippen LogP contribution >= 0.6 is 0 Å². The van der Waals surface area contributed by atoms with Gasteiger partial charge in [0.2, 0.25) is 11.8 Å². The zero-order valence-corrected chi connectivity index (χ0v) is 29.1. The average Bonchev–Trinajstić information content (AvgIpc) is 3.09. The van der Waals surface area contributed by atoms with E-state index in [0.717, 1.165) is 22.4 Å². The Hall–Kier alpha value is -4.69. The number of rotatable bonds is 20. The van der Waals surface area contributed by atoms with Crippen LogP contribution < -0.4 is 15.4 Å². The second-order valence-corrected chi connectivity index (χ2v) is 13.5. The van der Waals surface area contributed by atoms with E-state index in [0.29, 0.717) is 25.9 Å². The monoisotopic (exact) mass is 668 g/mol. The molecule has 2 amide bonds. The molecule has 262 valence electrons. The van der Waals surface area contributed by atoms with Crippen molar-refractivity contribution in [1.82, 2.24) is 10.6 Å². The van der Waals surface area contributed by atoms with Crippen molar-refractivity contribution in [2.45, 2.75) is 71.6 Å². The van der Waals surface area contributed by atoms with Gasteiger partial charge in [-0.1, -0.05) is 106 Å². The molecule has 0 bridgehead atoms. The minimum Gasteiger partial charge on any atom is -0.489 e. The number of carbonyl (C=O) groups is 3. The van der Waals surface area contributed by atoms with Crippen LogP contribution in [0.2, 0.25) is 0 Å². The van der Waals surface area contributed by atoms with E-state index in [1.807, 2.05) is 106 Å². The van der Waals surface area contributed by atoms with Gasteiger partial charge < -0.3 is 25.2 Å². The highest BCUT2D eigenvalue weighted by Crippen LogP contribution is 2.23. The highest BCUT2D eigenvalue weighted by atomic mass is 16.5. The number of esters is 1. The summed E-state index contributed by atoms with van der Waals surface area (Å²) in [5.74, 6) is -1.38. The minimum absolute atomic E-state index is 0.00775. The average molecular weight is 669 g/mol. The third-order valence-electron chi connectivity index (χ3n) is 8.36. The fourth-order valence-electron chi connectivity index (χ4n) is 5.35. The summed E-state index contributed by atoms with van der Waals surface area (Å²) >= 11 is 0. The maximum atomic E-state index is 13.5. The van der Waals surface area contributed by atoms with Crippen molar-refractivity contribution in [3.63, 3.8) is 0 Å². The van der Waals surface area contributed by atoms with E-state index in [2.05, 4.69) is 23.8 Å². The molecule has 0 saturated carbocycles. The quantitative estimate of drug-likeness (QED) is 0.0952. The smallest absolute Gasteiger partial charge is 0.309 e. The van der Waals surface area contributed by atoms with Gasteiger partial charge in [-0.2, -0.15) is 0 Å². The molecule has 0 aliphatic heterocycles. The Labute approximate surface area is 291 Å². The van der Waals surface area contributed by atoms with Crippen molar-refractivity contribution in [2.75, 3.05) is 13.2 Å². The minimum atomic E-state index is -0.690. The number of hydrogen-bond donors (Lipinski definition) is 3. The summed E-state index contributed by atoms with van der Waals surface area (Å²) in [6.45, 7) is 13.6. The molecule has 0 spiro atoms. The van der Waals surface area contributed by atoms with Crippen molar-refractivity contribution in [3.8, 4) is 5.75 Å². The molecule has 8 heteroatoms. The molecule has 8 nitrogen and oxygen atoms in total. The second-order valence-electron chi connectivity index (χ2n) is 13.5. The van der Waals surface area contributed by atoms with Crippen LogP contribution in [0.3, 0.4) is 0 Å². The number of carbonyl (C=O) groups excluding carboxylic acids is 3. The van der Waals surface area contributed by atoms with Gasteiger partial charge in [0.05, 0.1) is 30.5 Å². The predicted octanol–water partition coefficient (Wildman–Crippen LogP) is 6.38. The molecule has 0 aliphatic rings. The molecule has 0 unspecified atom stereocenters. The molecule has 0 saturated heterocycles. The zero-order chi connectivity index (χ0) is 35.6. The topological polar surface area (TPSA) is 114 Å². The third kappa shape index (κ3) is 13.8. The van der Waals surface area contributed by atoms with Crippen molar-refractivity contribution >= 4 is 17.8 Å². The van der Waals surface area contributed by atoms with Crippen molar-refractivity contribution in [2.24, 2.45) is 17.3 Å². The van der Waals surface area contributed by atoms with Crippen LogP contribution in [0, 0.1) is 17.3 Å². The Kier molecular flexibility index (Phi) is 15.8. The number of ether oxygens (including phenoxy) is 2. The maximum absolute atomic E-state index is 13.5. The molecule has 0 aromatic heterocycles. The first kappa shape index (κ1) is 38.8. The number of hydrogen-bond acceptors (Lipinski definition) is 6. The lowest BCUT2D eigenvalue weighted by Gasteiger charge is -2.32. The Morgan fingerprint density at radius 2 is 1.35 bits per heavy atom. The van der Waals surface area contributed by atoms with E-state index < -0.39 is 23.4 Å². The molecule has 0 radical (unpaired) electrons. The Morgan fingerprint density at radius 3 is 1.92 bits per heavy atom. The first-order valence-electron chi connectivity index (χ1n) is 16.9. The molecule has 3 N–H and O–H groups in total. The summed E-state index contributed by atoms with van der Waals surface area (Å²) in [6, 6.07) is 26.2. The van der Waals surface area contributed by atoms with Crippen LogP contribution in [0.25, 0.3) is 0 Å². The van der Waals surface area contributed by atoms with Gasteiger partial charge in [-0.25, -0.2) is 0 Å². The Morgan fingerprint density at radius 1 is 0.776 bits per heavy atom. The lowest BCUT2D eigenvalue weighted by Crippen LogP contribution is -2.50. The van der Waals surface area contributed by atoms with E-state index in [-0.39, 0.29) is 49.8 Å². The summed E-state index contributed by atoms with van der Waals surface area (Å²) in [7, 11) is 0. The summed E-state index contributed by atoms with van der Waals surface area (Å²) in [5.41, 5.74) is 2.59. The van der Waals surface area contributed by atoms with Crippen LogP contribution in [0.4, 0.5) is 0 Å². The van der Waals surface area contributed by atoms with Gasteiger partial charge in [0.15, 0.2) is 0 Å². The standard InChI is InChI=1S/C41H52N2O6/c1-6-14-33(26-38(45)42-35(27-44)25-31-20-22-36(23-21-31)48-28-32-18-12-9-13-19-32)39(46)43-37(41(3,4)5)29-49-40(47)34(15-7-2)24-30-16-10-8-11-17-30/h6-13,16-23,33-35,37,44H,1-2,14-15,24-29H2,3-5H3,(H,42,45)(H,43,46)/t33-,34-,35+,37-/m1/s1. The molecule has 0 heterocycles. The van der Waals surface area contributed by atoms with Crippen LogP contribution in [0.5, 0.6) is 5.75 Å². The van der Waals surface area contributed by atoms with E-state index in [4.69, 9.17) is 9.47 Å². The zero-order valence-electron chi connectivity index (χ0n) is 29.1. The maximum Gasteiger partial charge on any atom is 0.309 e. The summed E-state index contributed by atoms with van der Waals surface area (Å²) < 4.78 is 11.6. The number of amides is 2. The number of benzene rings is 3. The van der Waals surface area contributed by atoms with E-state index in [9.17, 15) is 19.5 Å². The van der Waals surface area contributed by atoms with E-state index >= 15 is 0 Å².